The van der Waals surface area contributed by atoms with Gasteiger partial charge in [-0.05, 0) is 33.3 Å². The van der Waals surface area contributed by atoms with Crippen molar-refractivity contribution in [3.05, 3.63) is 17.5 Å². The molecular formula is C9H16N2. The second kappa shape index (κ2) is 3.07. The molecule has 0 aliphatic rings. The SMILES string of the molecule is CCc1cc(C)n(C(C)C)n1. The first-order chi connectivity index (χ1) is 5.15. The Morgan fingerprint density at radius 1 is 1.55 bits per heavy atom. The second-order valence-electron chi connectivity index (χ2n) is 3.17. The molecule has 0 saturated carbocycles. The lowest BCUT2D eigenvalue weighted by Gasteiger charge is -2.06. The first-order valence-electron chi connectivity index (χ1n) is 4.20. The molecule has 0 saturated heterocycles. The maximum atomic E-state index is 4.44. The van der Waals surface area contributed by atoms with Crippen LogP contribution in [0.4, 0.5) is 0 Å². The first kappa shape index (κ1) is 8.31. The summed E-state index contributed by atoms with van der Waals surface area (Å²) in [6.07, 6.45) is 1.03. The van der Waals surface area contributed by atoms with E-state index < -0.39 is 0 Å². The van der Waals surface area contributed by atoms with Crippen molar-refractivity contribution in [3.8, 4) is 0 Å². The van der Waals surface area contributed by atoms with Gasteiger partial charge in [-0.15, -0.1) is 0 Å². The molecule has 0 atom stereocenters. The van der Waals surface area contributed by atoms with Crippen LogP contribution >= 0.6 is 0 Å². The van der Waals surface area contributed by atoms with Crippen molar-refractivity contribution in [1.29, 1.82) is 0 Å². The van der Waals surface area contributed by atoms with Gasteiger partial charge in [0.1, 0.15) is 0 Å². The predicted octanol–water partition coefficient (Wildman–Crippen LogP) is 2.33. The Hall–Kier alpha value is -0.790. The third kappa shape index (κ3) is 1.62. The van der Waals surface area contributed by atoms with Crippen molar-refractivity contribution in [3.63, 3.8) is 0 Å². The summed E-state index contributed by atoms with van der Waals surface area (Å²) in [6, 6.07) is 2.63. The molecule has 0 unspecified atom stereocenters. The van der Waals surface area contributed by atoms with Gasteiger partial charge < -0.3 is 0 Å². The molecule has 0 N–H and O–H groups in total. The third-order valence-electron chi connectivity index (χ3n) is 1.82. The van der Waals surface area contributed by atoms with Crippen LogP contribution in [0.15, 0.2) is 6.07 Å². The third-order valence-corrected chi connectivity index (χ3v) is 1.82. The summed E-state index contributed by atoms with van der Waals surface area (Å²) in [5.41, 5.74) is 2.45. The summed E-state index contributed by atoms with van der Waals surface area (Å²) < 4.78 is 2.07. The number of hydrogen-bond donors (Lipinski definition) is 0. The van der Waals surface area contributed by atoms with Crippen molar-refractivity contribution < 1.29 is 0 Å². The molecule has 0 aromatic carbocycles. The van der Waals surface area contributed by atoms with Crippen molar-refractivity contribution >= 4 is 0 Å². The summed E-state index contributed by atoms with van der Waals surface area (Å²) >= 11 is 0. The van der Waals surface area contributed by atoms with Crippen LogP contribution in [-0.4, -0.2) is 9.78 Å². The molecule has 2 heteroatoms. The smallest absolute Gasteiger partial charge is 0.0624 e. The van der Waals surface area contributed by atoms with Crippen LogP contribution in [0.2, 0.25) is 0 Å². The molecular weight excluding hydrogens is 136 g/mol. The van der Waals surface area contributed by atoms with Crippen LogP contribution in [0.5, 0.6) is 0 Å². The van der Waals surface area contributed by atoms with E-state index >= 15 is 0 Å². The van der Waals surface area contributed by atoms with Crippen LogP contribution in [0, 0.1) is 6.92 Å². The highest BCUT2D eigenvalue weighted by atomic mass is 15.3. The zero-order chi connectivity index (χ0) is 8.43. The van der Waals surface area contributed by atoms with Crippen LogP contribution in [-0.2, 0) is 6.42 Å². The van der Waals surface area contributed by atoms with Gasteiger partial charge in [-0.1, -0.05) is 6.92 Å². The average Bonchev–Trinajstić information content (AvgIpc) is 2.30. The van der Waals surface area contributed by atoms with Gasteiger partial charge >= 0.3 is 0 Å². The standard InChI is InChI=1S/C9H16N2/c1-5-9-6-8(4)11(10-9)7(2)3/h6-7H,5H2,1-4H3. The lowest BCUT2D eigenvalue weighted by atomic mass is 10.3. The van der Waals surface area contributed by atoms with Crippen molar-refractivity contribution in [2.75, 3.05) is 0 Å². The van der Waals surface area contributed by atoms with Crippen LogP contribution in [0.25, 0.3) is 0 Å². The second-order valence-corrected chi connectivity index (χ2v) is 3.17. The van der Waals surface area contributed by atoms with Gasteiger partial charge in [0.05, 0.1) is 5.69 Å². The molecule has 1 aromatic heterocycles. The predicted molar refractivity (Wildman–Crippen MR) is 46.7 cm³/mol. The lowest BCUT2D eigenvalue weighted by molar-refractivity contribution is 0.514. The normalized spacial score (nSPS) is 11.0. The van der Waals surface area contributed by atoms with Gasteiger partial charge in [-0.2, -0.15) is 5.10 Å². The number of aromatic nitrogens is 2. The molecule has 0 spiro atoms. The zero-order valence-electron chi connectivity index (χ0n) is 7.76. The van der Waals surface area contributed by atoms with E-state index in [9.17, 15) is 0 Å². The zero-order valence-corrected chi connectivity index (χ0v) is 7.76. The number of aryl methyl sites for hydroxylation is 2. The van der Waals surface area contributed by atoms with E-state index in [1.165, 1.54) is 11.4 Å². The van der Waals surface area contributed by atoms with E-state index in [-0.39, 0.29) is 0 Å². The minimum Gasteiger partial charge on any atom is -0.267 e. The number of hydrogen-bond acceptors (Lipinski definition) is 1. The molecule has 1 aromatic rings. The molecule has 0 amide bonds. The molecule has 0 radical (unpaired) electrons. The van der Waals surface area contributed by atoms with E-state index in [1.807, 2.05) is 0 Å². The van der Waals surface area contributed by atoms with Gasteiger partial charge in [0, 0.05) is 11.7 Å². The minimum atomic E-state index is 0.482. The van der Waals surface area contributed by atoms with E-state index in [2.05, 4.69) is 43.5 Å². The Morgan fingerprint density at radius 2 is 2.18 bits per heavy atom. The van der Waals surface area contributed by atoms with E-state index in [0.717, 1.165) is 6.42 Å². The summed E-state index contributed by atoms with van der Waals surface area (Å²) in [4.78, 5) is 0. The fourth-order valence-electron chi connectivity index (χ4n) is 1.25. The summed E-state index contributed by atoms with van der Waals surface area (Å²) in [6.45, 7) is 8.54. The van der Waals surface area contributed by atoms with Gasteiger partial charge in [0.25, 0.3) is 0 Å². The molecule has 0 aliphatic carbocycles. The fraction of sp³-hybridized carbons (Fsp3) is 0.667. The van der Waals surface area contributed by atoms with E-state index in [4.69, 9.17) is 0 Å². The van der Waals surface area contributed by atoms with Gasteiger partial charge in [-0.25, -0.2) is 0 Å². The molecule has 0 bridgehead atoms. The monoisotopic (exact) mass is 152 g/mol. The van der Waals surface area contributed by atoms with Crippen LogP contribution in [0.3, 0.4) is 0 Å². The van der Waals surface area contributed by atoms with Crippen molar-refractivity contribution in [1.82, 2.24) is 9.78 Å². The topological polar surface area (TPSA) is 17.8 Å². The van der Waals surface area contributed by atoms with Gasteiger partial charge in [-0.3, -0.25) is 4.68 Å². The molecule has 62 valence electrons. The Bertz CT molecular complexity index is 236. The Labute approximate surface area is 68.2 Å². The van der Waals surface area contributed by atoms with Gasteiger partial charge in [0.15, 0.2) is 0 Å². The largest absolute Gasteiger partial charge is 0.267 e. The maximum absolute atomic E-state index is 4.44. The van der Waals surface area contributed by atoms with Crippen molar-refractivity contribution in [2.45, 2.75) is 40.2 Å². The highest BCUT2D eigenvalue weighted by molar-refractivity contribution is 5.08. The Kier molecular flexibility index (Phi) is 2.32. The minimum absolute atomic E-state index is 0.482. The number of rotatable bonds is 2. The first-order valence-corrected chi connectivity index (χ1v) is 4.20. The van der Waals surface area contributed by atoms with Crippen LogP contribution in [0.1, 0.15) is 38.2 Å². The van der Waals surface area contributed by atoms with E-state index in [1.54, 1.807) is 0 Å². The van der Waals surface area contributed by atoms with Gasteiger partial charge in [0.2, 0.25) is 0 Å². The Balaban J connectivity index is 2.97. The molecule has 0 aliphatic heterocycles. The number of nitrogens with zero attached hydrogens (tertiary/aromatic N) is 2. The van der Waals surface area contributed by atoms with Crippen LogP contribution < -0.4 is 0 Å². The molecule has 1 heterocycles. The average molecular weight is 152 g/mol. The lowest BCUT2D eigenvalue weighted by Crippen LogP contribution is -2.04. The quantitative estimate of drug-likeness (QED) is 0.636. The summed E-state index contributed by atoms with van der Waals surface area (Å²) in [7, 11) is 0. The molecule has 1 rings (SSSR count). The van der Waals surface area contributed by atoms with E-state index in [0.29, 0.717) is 6.04 Å². The molecule has 2 nitrogen and oxygen atoms in total. The highest BCUT2D eigenvalue weighted by Gasteiger charge is 2.04. The summed E-state index contributed by atoms with van der Waals surface area (Å²) in [5.74, 6) is 0. The molecule has 11 heavy (non-hydrogen) atoms. The maximum Gasteiger partial charge on any atom is 0.0624 e. The van der Waals surface area contributed by atoms with Crippen molar-refractivity contribution in [2.24, 2.45) is 0 Å². The Morgan fingerprint density at radius 3 is 2.45 bits per heavy atom. The summed E-state index contributed by atoms with van der Waals surface area (Å²) in [5, 5.41) is 4.44. The molecule has 0 fully saturated rings. The fourth-order valence-corrected chi connectivity index (χ4v) is 1.25. The highest BCUT2D eigenvalue weighted by Crippen LogP contribution is 2.09.